The first-order valence-corrected chi connectivity index (χ1v) is 19.2. The van der Waals surface area contributed by atoms with Crippen LogP contribution in [0.25, 0.3) is 0 Å². The monoisotopic (exact) mass is 632 g/mol. The van der Waals surface area contributed by atoms with Crippen molar-refractivity contribution in [1.82, 2.24) is 10.4 Å². The van der Waals surface area contributed by atoms with Gasteiger partial charge in [0, 0.05) is 45.1 Å². The Hall–Kier alpha value is -1.96. The number of nitrogens with zero attached hydrogens (tertiary/aromatic N) is 3. The maximum Gasteiger partial charge on any atom is 0.256 e. The van der Waals surface area contributed by atoms with E-state index in [1.165, 1.54) is 108 Å². The van der Waals surface area contributed by atoms with Gasteiger partial charge in [0.2, 0.25) is 5.91 Å². The Kier molecular flexibility index (Phi) is 9.83. The summed E-state index contributed by atoms with van der Waals surface area (Å²) in [5, 5.41) is 2.44. The number of nitrogens with one attached hydrogen (secondary N) is 1. The van der Waals surface area contributed by atoms with Crippen molar-refractivity contribution in [1.29, 1.82) is 0 Å². The Labute approximate surface area is 278 Å². The molecule has 7 rings (SSSR count). The number of anilines is 2. The molecule has 1 aromatic rings. The van der Waals surface area contributed by atoms with Crippen LogP contribution in [-0.2, 0) is 14.3 Å². The minimum Gasteiger partial charge on any atom is -0.368 e. The molecule has 46 heavy (non-hydrogen) atoms. The normalized spacial score (nSPS) is 35.2. The molecule has 2 saturated heterocycles. The standard InChI is InChI=1S/C39H60N4O3/c1-27-25-42(38(45)37-33(21-22-46-37)29-13-9-5-4-6-10-14-29)35-23-30(17-19-34(35)43(27)28(2)44)31-18-20-36-39(24-31,26-40-41(36)3)32-15-11-7-8-12-16-32/h17,19,23,27,29,31-33,36-37,40H,4-16,18,20-22,24-26H2,1-3H3/t27-,31?,33?,36?,37?,39?/m0/s1. The van der Waals surface area contributed by atoms with E-state index in [0.717, 1.165) is 30.3 Å². The van der Waals surface area contributed by atoms with E-state index in [9.17, 15) is 9.59 Å². The molecule has 7 heteroatoms. The number of rotatable bonds is 4. The maximum absolute atomic E-state index is 14.6. The number of amides is 2. The van der Waals surface area contributed by atoms with Gasteiger partial charge in [-0.25, -0.2) is 5.01 Å². The number of carbonyl (C=O) groups is 2. The molecular formula is C39H60N4O3. The van der Waals surface area contributed by atoms with Gasteiger partial charge in [-0.1, -0.05) is 76.7 Å². The predicted molar refractivity (Wildman–Crippen MR) is 185 cm³/mol. The fraction of sp³-hybridized carbons (Fsp3) is 0.795. The molecule has 2 amide bonds. The average Bonchev–Trinajstić information content (AvgIpc) is 3.54. The van der Waals surface area contributed by atoms with Crippen molar-refractivity contribution in [2.75, 3.05) is 36.5 Å². The molecule has 254 valence electrons. The lowest BCUT2D eigenvalue weighted by Crippen LogP contribution is -2.54. The summed E-state index contributed by atoms with van der Waals surface area (Å²) in [4.78, 5) is 31.6. The molecule has 1 aromatic carbocycles. The van der Waals surface area contributed by atoms with Gasteiger partial charge in [-0.15, -0.1) is 0 Å². The van der Waals surface area contributed by atoms with Gasteiger partial charge in [0.1, 0.15) is 6.10 Å². The second-order valence-corrected chi connectivity index (χ2v) is 16.1. The zero-order valence-electron chi connectivity index (χ0n) is 29.0. The molecule has 3 aliphatic carbocycles. The van der Waals surface area contributed by atoms with E-state index in [1.54, 1.807) is 6.92 Å². The first kappa shape index (κ1) is 32.6. The SMILES string of the molecule is CC(=O)N1c2ccc(C3CCC4N(C)NCC4(C4CCCCCC4)C3)cc2N(C(=O)C2OCCC2C2CCCCCCC2)C[C@@H]1C. The molecule has 3 saturated carbocycles. The van der Waals surface area contributed by atoms with Crippen molar-refractivity contribution in [2.24, 2.45) is 23.2 Å². The number of benzene rings is 1. The minimum atomic E-state index is -0.369. The number of hydrogen-bond acceptors (Lipinski definition) is 5. The molecule has 5 unspecified atom stereocenters. The number of hydrazine groups is 1. The Morgan fingerprint density at radius 2 is 1.57 bits per heavy atom. The zero-order valence-corrected chi connectivity index (χ0v) is 29.0. The van der Waals surface area contributed by atoms with Crippen LogP contribution in [0.1, 0.15) is 134 Å². The van der Waals surface area contributed by atoms with Gasteiger partial charge in [0.25, 0.3) is 5.91 Å². The molecule has 1 N–H and O–H groups in total. The highest BCUT2D eigenvalue weighted by Crippen LogP contribution is 2.55. The molecule has 3 aliphatic heterocycles. The molecular weight excluding hydrogens is 572 g/mol. The molecule has 3 heterocycles. The first-order valence-electron chi connectivity index (χ1n) is 19.2. The van der Waals surface area contributed by atoms with E-state index < -0.39 is 0 Å². The largest absolute Gasteiger partial charge is 0.368 e. The van der Waals surface area contributed by atoms with Crippen molar-refractivity contribution >= 4 is 23.2 Å². The van der Waals surface area contributed by atoms with Gasteiger partial charge in [0.05, 0.1) is 17.4 Å². The highest BCUT2D eigenvalue weighted by atomic mass is 16.5. The summed E-state index contributed by atoms with van der Waals surface area (Å²) in [6, 6.07) is 7.29. The van der Waals surface area contributed by atoms with Gasteiger partial charge in [-0.05, 0) is 86.8 Å². The van der Waals surface area contributed by atoms with Crippen molar-refractivity contribution in [3.05, 3.63) is 23.8 Å². The van der Waals surface area contributed by atoms with Gasteiger partial charge in [-0.3, -0.25) is 15.0 Å². The molecule has 7 nitrogen and oxygen atoms in total. The molecule has 6 atom stereocenters. The van der Waals surface area contributed by atoms with Crippen molar-refractivity contribution in [3.8, 4) is 0 Å². The Bertz CT molecular complexity index is 1240. The van der Waals surface area contributed by atoms with Crippen LogP contribution >= 0.6 is 0 Å². The predicted octanol–water partition coefficient (Wildman–Crippen LogP) is 7.58. The molecule has 0 radical (unpaired) electrons. The summed E-state index contributed by atoms with van der Waals surface area (Å²) in [5.41, 5.74) is 7.24. The minimum absolute atomic E-state index is 0.0472. The summed E-state index contributed by atoms with van der Waals surface area (Å²) >= 11 is 0. The van der Waals surface area contributed by atoms with Crippen LogP contribution in [0.4, 0.5) is 11.4 Å². The summed E-state index contributed by atoms with van der Waals surface area (Å²) in [6.45, 7) is 6.05. The van der Waals surface area contributed by atoms with Crippen LogP contribution in [0.2, 0.25) is 0 Å². The Morgan fingerprint density at radius 1 is 0.870 bits per heavy atom. The van der Waals surface area contributed by atoms with E-state index in [0.29, 0.717) is 42.4 Å². The van der Waals surface area contributed by atoms with Crippen LogP contribution < -0.4 is 15.2 Å². The Morgan fingerprint density at radius 3 is 2.28 bits per heavy atom. The Balaban J connectivity index is 1.19. The average molecular weight is 633 g/mol. The van der Waals surface area contributed by atoms with Crippen molar-refractivity contribution in [2.45, 2.75) is 147 Å². The van der Waals surface area contributed by atoms with Crippen LogP contribution in [0.5, 0.6) is 0 Å². The third-order valence-electron chi connectivity index (χ3n) is 13.5. The van der Waals surface area contributed by atoms with E-state index in [1.807, 2.05) is 9.80 Å². The van der Waals surface area contributed by atoms with Crippen LogP contribution in [0, 0.1) is 23.2 Å². The van der Waals surface area contributed by atoms with Crippen molar-refractivity contribution in [3.63, 3.8) is 0 Å². The summed E-state index contributed by atoms with van der Waals surface area (Å²) in [6.07, 6.45) is 21.4. The van der Waals surface area contributed by atoms with E-state index in [2.05, 4.69) is 42.6 Å². The second kappa shape index (κ2) is 13.9. The highest BCUT2D eigenvalue weighted by molar-refractivity contribution is 6.05. The van der Waals surface area contributed by atoms with Crippen LogP contribution in [0.3, 0.4) is 0 Å². The van der Waals surface area contributed by atoms with Gasteiger partial charge in [-0.2, -0.15) is 0 Å². The first-order chi connectivity index (χ1) is 22.4. The quantitative estimate of drug-likeness (QED) is 0.347. The fourth-order valence-electron chi connectivity index (χ4n) is 11.2. The van der Waals surface area contributed by atoms with E-state index in [-0.39, 0.29) is 24.0 Å². The number of ether oxygens (including phenoxy) is 1. The lowest BCUT2D eigenvalue weighted by atomic mass is 9.58. The van der Waals surface area contributed by atoms with E-state index >= 15 is 0 Å². The van der Waals surface area contributed by atoms with Crippen LogP contribution in [-0.4, -0.2) is 61.8 Å². The topological polar surface area (TPSA) is 65.1 Å². The zero-order chi connectivity index (χ0) is 31.8. The third kappa shape index (κ3) is 6.07. The van der Waals surface area contributed by atoms with Gasteiger partial charge in [0.15, 0.2) is 0 Å². The number of carbonyl (C=O) groups excluding carboxylic acids is 2. The van der Waals surface area contributed by atoms with Crippen molar-refractivity contribution < 1.29 is 14.3 Å². The van der Waals surface area contributed by atoms with Crippen LogP contribution in [0.15, 0.2) is 18.2 Å². The lowest BCUT2D eigenvalue weighted by Gasteiger charge is -2.48. The summed E-state index contributed by atoms with van der Waals surface area (Å²) in [7, 11) is 2.26. The van der Waals surface area contributed by atoms with Gasteiger partial charge < -0.3 is 14.5 Å². The number of fused-ring (bicyclic) bond motifs is 2. The fourth-order valence-corrected chi connectivity index (χ4v) is 11.2. The number of hydrogen-bond donors (Lipinski definition) is 1. The smallest absolute Gasteiger partial charge is 0.256 e. The molecule has 5 fully saturated rings. The summed E-state index contributed by atoms with van der Waals surface area (Å²) < 4.78 is 6.34. The highest BCUT2D eigenvalue weighted by Gasteiger charge is 2.54. The lowest BCUT2D eigenvalue weighted by molar-refractivity contribution is -0.130. The maximum atomic E-state index is 14.6. The molecule has 0 bridgehead atoms. The molecule has 0 aromatic heterocycles. The molecule has 6 aliphatic rings. The van der Waals surface area contributed by atoms with Gasteiger partial charge >= 0.3 is 0 Å². The second-order valence-electron chi connectivity index (χ2n) is 16.1. The third-order valence-corrected chi connectivity index (χ3v) is 13.5. The molecule has 0 spiro atoms. The van der Waals surface area contributed by atoms with E-state index in [4.69, 9.17) is 4.74 Å². The summed E-state index contributed by atoms with van der Waals surface area (Å²) in [5.74, 6) is 2.29.